The summed E-state index contributed by atoms with van der Waals surface area (Å²) < 4.78 is 14.6. The average Bonchev–Trinajstić information content (AvgIpc) is 2.75. The van der Waals surface area contributed by atoms with E-state index in [1.807, 2.05) is 31.2 Å². The number of ketones is 1. The number of carbonyl (C=O) groups excluding carboxylic acids is 3. The van der Waals surface area contributed by atoms with Crippen molar-refractivity contribution in [3.8, 4) is 11.1 Å². The molecule has 0 radical (unpaired) electrons. The van der Waals surface area contributed by atoms with Gasteiger partial charge in [0.25, 0.3) is 5.91 Å². The Morgan fingerprint density at radius 1 is 1.15 bits per heavy atom. The number of aryl methyl sites for hydroxylation is 1. The van der Waals surface area contributed by atoms with E-state index in [-0.39, 0.29) is 35.1 Å². The topological polar surface area (TPSA) is 116 Å². The minimum atomic E-state index is -1.43. The summed E-state index contributed by atoms with van der Waals surface area (Å²) in [6.07, 6.45) is 1.92. The van der Waals surface area contributed by atoms with E-state index in [0.717, 1.165) is 22.1 Å². The zero-order valence-electron chi connectivity index (χ0n) is 18.4. The Bertz CT molecular complexity index is 1170. The predicted octanol–water partition coefficient (Wildman–Crippen LogP) is 2.20. The van der Waals surface area contributed by atoms with Gasteiger partial charge >= 0.3 is 41.6 Å². The van der Waals surface area contributed by atoms with Gasteiger partial charge in [-0.2, -0.15) is 0 Å². The van der Waals surface area contributed by atoms with E-state index >= 15 is 0 Å². The number of carboxylic acids is 1. The first kappa shape index (κ1) is 27.2. The standard InChI is InChI=1S/C24H24FN3O5.Na.H/c1-13-6-4-5-7-16(13)17-10-15(25)11-18(14(17)2)19(12-21(30)31)26-24(33)27-22-20(29)8-9-28(3)23(22)32;;/h4-11,19,22H,12H2,1-3H3,(H,30,31)(H2,26,27,33);;/t19-,22?;;/m0../s1. The second-order valence-electron chi connectivity index (χ2n) is 7.85. The van der Waals surface area contributed by atoms with Crippen LogP contribution in [0.1, 0.15) is 29.2 Å². The monoisotopic (exact) mass is 477 g/mol. The average molecular weight is 477 g/mol. The van der Waals surface area contributed by atoms with Crippen molar-refractivity contribution in [1.82, 2.24) is 15.5 Å². The van der Waals surface area contributed by atoms with Gasteiger partial charge in [0, 0.05) is 19.3 Å². The molecule has 2 aromatic carbocycles. The van der Waals surface area contributed by atoms with Crippen molar-refractivity contribution in [3.63, 3.8) is 0 Å². The number of rotatable bonds is 6. The maximum absolute atomic E-state index is 14.6. The van der Waals surface area contributed by atoms with Gasteiger partial charge in [0.2, 0.25) is 0 Å². The molecule has 3 N–H and O–H groups in total. The molecule has 0 saturated carbocycles. The van der Waals surface area contributed by atoms with Gasteiger partial charge in [0.05, 0.1) is 12.5 Å². The molecular formula is C24H25FN3NaO5. The van der Waals surface area contributed by atoms with Crippen LogP contribution in [0.15, 0.2) is 48.7 Å². The van der Waals surface area contributed by atoms with Gasteiger partial charge in [-0.1, -0.05) is 24.3 Å². The van der Waals surface area contributed by atoms with Crippen molar-refractivity contribution in [1.29, 1.82) is 0 Å². The van der Waals surface area contributed by atoms with Crippen LogP contribution < -0.4 is 10.6 Å². The number of amides is 3. The van der Waals surface area contributed by atoms with Gasteiger partial charge in [-0.05, 0) is 53.8 Å². The van der Waals surface area contributed by atoms with Crippen LogP contribution in [0.5, 0.6) is 0 Å². The molecule has 0 fully saturated rings. The maximum atomic E-state index is 14.6. The summed E-state index contributed by atoms with van der Waals surface area (Å²) in [5, 5.41) is 14.2. The molecule has 2 aromatic rings. The molecule has 1 heterocycles. The summed E-state index contributed by atoms with van der Waals surface area (Å²) >= 11 is 0. The van der Waals surface area contributed by atoms with E-state index < -0.39 is 48.0 Å². The van der Waals surface area contributed by atoms with Gasteiger partial charge in [-0.25, -0.2) is 9.18 Å². The van der Waals surface area contributed by atoms with Crippen molar-refractivity contribution < 1.29 is 28.7 Å². The van der Waals surface area contributed by atoms with Crippen LogP contribution in [0.4, 0.5) is 9.18 Å². The van der Waals surface area contributed by atoms with Crippen LogP contribution >= 0.6 is 0 Å². The van der Waals surface area contributed by atoms with Gasteiger partial charge in [0.15, 0.2) is 11.8 Å². The summed E-state index contributed by atoms with van der Waals surface area (Å²) in [5.41, 5.74) is 3.14. The Hall–Kier alpha value is -3.01. The van der Waals surface area contributed by atoms with Crippen molar-refractivity contribution in [2.45, 2.75) is 32.4 Å². The zero-order chi connectivity index (χ0) is 24.3. The number of carbonyl (C=O) groups is 4. The number of nitrogens with zero attached hydrogens (tertiary/aromatic N) is 1. The third-order valence-electron chi connectivity index (χ3n) is 5.52. The molecule has 2 atom stereocenters. The summed E-state index contributed by atoms with van der Waals surface area (Å²) in [7, 11) is 1.44. The third-order valence-corrected chi connectivity index (χ3v) is 5.52. The summed E-state index contributed by atoms with van der Waals surface area (Å²) in [4.78, 5) is 49.5. The molecule has 3 amide bonds. The van der Waals surface area contributed by atoms with Crippen LogP contribution in [-0.4, -0.2) is 76.3 Å². The Kier molecular flexibility index (Phi) is 9.14. The van der Waals surface area contributed by atoms with Crippen molar-refractivity contribution in [2.75, 3.05) is 7.05 Å². The van der Waals surface area contributed by atoms with E-state index in [9.17, 15) is 28.7 Å². The molecular weight excluding hydrogens is 452 g/mol. The van der Waals surface area contributed by atoms with E-state index in [1.165, 1.54) is 25.4 Å². The first-order valence-corrected chi connectivity index (χ1v) is 10.2. The van der Waals surface area contributed by atoms with E-state index in [2.05, 4.69) is 10.6 Å². The quantitative estimate of drug-likeness (QED) is 0.436. The molecule has 1 aliphatic rings. The molecule has 0 saturated heterocycles. The molecule has 0 aliphatic carbocycles. The van der Waals surface area contributed by atoms with Crippen LogP contribution in [0.2, 0.25) is 0 Å². The second kappa shape index (κ2) is 11.4. The number of benzene rings is 2. The fourth-order valence-corrected chi connectivity index (χ4v) is 3.77. The molecule has 0 bridgehead atoms. The number of urea groups is 1. The number of nitrogens with one attached hydrogen (secondary N) is 2. The summed E-state index contributed by atoms with van der Waals surface area (Å²) in [6.45, 7) is 3.60. The predicted molar refractivity (Wildman–Crippen MR) is 126 cm³/mol. The molecule has 0 spiro atoms. The number of hydrogen-bond acceptors (Lipinski definition) is 4. The molecule has 1 unspecified atom stereocenters. The molecule has 0 aromatic heterocycles. The van der Waals surface area contributed by atoms with Gasteiger partial charge in [-0.15, -0.1) is 0 Å². The first-order chi connectivity index (χ1) is 15.6. The van der Waals surface area contributed by atoms with Crippen molar-refractivity contribution in [2.24, 2.45) is 0 Å². The van der Waals surface area contributed by atoms with Crippen LogP contribution in [0, 0.1) is 19.7 Å². The van der Waals surface area contributed by atoms with Crippen LogP contribution in [0.25, 0.3) is 11.1 Å². The first-order valence-electron chi connectivity index (χ1n) is 10.2. The molecule has 174 valence electrons. The number of likely N-dealkylation sites (N-methyl/N-ethyl adjacent to an activating group) is 1. The Labute approximate surface area is 218 Å². The number of carboxylic acid groups (broad SMARTS) is 1. The van der Waals surface area contributed by atoms with Crippen molar-refractivity contribution >= 4 is 53.2 Å². The summed E-state index contributed by atoms with van der Waals surface area (Å²) in [6, 6.07) is 6.46. The number of halogens is 1. The molecule has 8 nitrogen and oxygen atoms in total. The Morgan fingerprint density at radius 3 is 2.47 bits per heavy atom. The van der Waals surface area contributed by atoms with Gasteiger partial charge in [-0.3, -0.25) is 14.4 Å². The fraction of sp³-hybridized carbons (Fsp3) is 0.250. The third kappa shape index (κ3) is 6.11. The molecule has 3 rings (SSSR count). The van der Waals surface area contributed by atoms with Crippen LogP contribution in [0.3, 0.4) is 0 Å². The van der Waals surface area contributed by atoms with E-state index in [0.29, 0.717) is 11.1 Å². The molecule has 1 aliphatic heterocycles. The van der Waals surface area contributed by atoms with Gasteiger partial charge < -0.3 is 20.6 Å². The Balaban J connectivity index is 0.00000408. The normalized spacial score (nSPS) is 16.0. The van der Waals surface area contributed by atoms with E-state index in [4.69, 9.17) is 0 Å². The minimum absolute atomic E-state index is 0. The molecule has 10 heteroatoms. The van der Waals surface area contributed by atoms with E-state index in [1.54, 1.807) is 6.92 Å². The van der Waals surface area contributed by atoms with Gasteiger partial charge in [0.1, 0.15) is 5.82 Å². The van der Waals surface area contributed by atoms with Crippen LogP contribution in [-0.2, 0) is 14.4 Å². The van der Waals surface area contributed by atoms with Crippen molar-refractivity contribution in [3.05, 3.63) is 71.2 Å². The fourth-order valence-electron chi connectivity index (χ4n) is 3.77. The number of hydrogen-bond donors (Lipinski definition) is 3. The summed E-state index contributed by atoms with van der Waals surface area (Å²) in [5.74, 6) is -3.03. The SMILES string of the molecule is Cc1ccccc1-c1cc(F)cc([C@H](CC(=O)O)NC(=O)NC2C(=O)C=CN(C)C2=O)c1C.[NaH]. The number of aliphatic carboxylic acids is 1. The Morgan fingerprint density at radius 2 is 1.82 bits per heavy atom. The molecule has 34 heavy (non-hydrogen) atoms. The second-order valence-corrected chi connectivity index (χ2v) is 7.85. The zero-order valence-corrected chi connectivity index (χ0v) is 18.4.